The number of likely N-dealkylation sites (N-methyl/N-ethyl adjacent to an activating group) is 1. The predicted molar refractivity (Wildman–Crippen MR) is 73.9 cm³/mol. The van der Waals surface area contributed by atoms with E-state index in [0.717, 1.165) is 14.9 Å². The maximum absolute atomic E-state index is 13.1. The molecule has 0 radical (unpaired) electrons. The largest absolute Gasteiger partial charge is 0.312 e. The highest BCUT2D eigenvalue weighted by atomic mass is 79.9. The molecule has 2 aromatic rings. The standard InChI is InChI=1S/C13H12BrF2NS/c1-17-12(13-6-9(14)7-18-13)5-8-2-3-10(15)11(16)4-8/h2-4,6-7,12,17H,5H2,1H3. The van der Waals surface area contributed by atoms with E-state index in [1.165, 1.54) is 12.1 Å². The minimum atomic E-state index is -0.807. The van der Waals surface area contributed by atoms with Crippen molar-refractivity contribution in [2.45, 2.75) is 12.5 Å². The summed E-state index contributed by atoms with van der Waals surface area (Å²) in [4.78, 5) is 1.16. The second-order valence-corrected chi connectivity index (χ2v) is 5.82. The molecular formula is C13H12BrF2NS. The van der Waals surface area contributed by atoms with Crippen LogP contribution in [-0.2, 0) is 6.42 Å². The minimum Gasteiger partial charge on any atom is -0.312 e. The Kier molecular flexibility index (Phi) is 4.48. The zero-order chi connectivity index (χ0) is 13.1. The van der Waals surface area contributed by atoms with Gasteiger partial charge in [-0.3, -0.25) is 0 Å². The molecule has 0 aliphatic heterocycles. The minimum absolute atomic E-state index is 0.103. The summed E-state index contributed by atoms with van der Waals surface area (Å²) in [6.07, 6.45) is 0.626. The number of thiophene rings is 1. The van der Waals surface area contributed by atoms with E-state index in [0.29, 0.717) is 6.42 Å². The van der Waals surface area contributed by atoms with E-state index in [1.54, 1.807) is 17.4 Å². The quantitative estimate of drug-likeness (QED) is 0.881. The Morgan fingerprint density at radius 2 is 2.06 bits per heavy atom. The monoisotopic (exact) mass is 331 g/mol. The average molecular weight is 332 g/mol. The van der Waals surface area contributed by atoms with Gasteiger partial charge in [0.2, 0.25) is 0 Å². The van der Waals surface area contributed by atoms with Crippen LogP contribution in [0.1, 0.15) is 16.5 Å². The second kappa shape index (κ2) is 5.91. The SMILES string of the molecule is CNC(Cc1ccc(F)c(F)c1)c1cc(Br)cs1. The summed E-state index contributed by atoms with van der Waals surface area (Å²) in [6.45, 7) is 0. The van der Waals surface area contributed by atoms with Crippen molar-refractivity contribution in [2.24, 2.45) is 0 Å². The van der Waals surface area contributed by atoms with Gasteiger partial charge in [0.1, 0.15) is 0 Å². The van der Waals surface area contributed by atoms with E-state index in [1.807, 2.05) is 18.5 Å². The molecule has 96 valence electrons. The zero-order valence-corrected chi connectivity index (χ0v) is 12.1. The Bertz CT molecular complexity index is 542. The first-order valence-corrected chi connectivity index (χ1v) is 7.12. The fourth-order valence-electron chi connectivity index (χ4n) is 1.76. The molecule has 0 saturated heterocycles. The Balaban J connectivity index is 2.17. The molecule has 5 heteroatoms. The van der Waals surface area contributed by atoms with Crippen LogP contribution >= 0.6 is 27.3 Å². The van der Waals surface area contributed by atoms with Gasteiger partial charge in [0, 0.05) is 20.8 Å². The smallest absolute Gasteiger partial charge is 0.159 e. The van der Waals surface area contributed by atoms with Crippen LogP contribution < -0.4 is 5.32 Å². The third-order valence-corrected chi connectivity index (χ3v) is 4.51. The fourth-order valence-corrected chi connectivity index (χ4v) is 3.31. The van der Waals surface area contributed by atoms with Gasteiger partial charge in [-0.25, -0.2) is 8.78 Å². The number of benzene rings is 1. The van der Waals surface area contributed by atoms with Gasteiger partial charge in [0.15, 0.2) is 11.6 Å². The van der Waals surface area contributed by atoms with Crippen molar-refractivity contribution in [3.8, 4) is 0 Å². The highest BCUT2D eigenvalue weighted by Gasteiger charge is 2.13. The predicted octanol–water partition coefficient (Wildman–Crippen LogP) is 4.29. The molecule has 0 aliphatic carbocycles. The van der Waals surface area contributed by atoms with Crippen LogP contribution in [0.4, 0.5) is 8.78 Å². The van der Waals surface area contributed by atoms with Crippen LogP contribution in [0, 0.1) is 11.6 Å². The van der Waals surface area contributed by atoms with Crippen LogP contribution in [0.15, 0.2) is 34.1 Å². The van der Waals surface area contributed by atoms with E-state index in [2.05, 4.69) is 21.2 Å². The molecule has 0 spiro atoms. The molecule has 0 amide bonds. The van der Waals surface area contributed by atoms with Crippen LogP contribution in [0.3, 0.4) is 0 Å². The Labute approximate surface area is 117 Å². The van der Waals surface area contributed by atoms with Crippen molar-refractivity contribution in [2.75, 3.05) is 7.05 Å². The summed E-state index contributed by atoms with van der Waals surface area (Å²) in [5.41, 5.74) is 0.776. The van der Waals surface area contributed by atoms with Crippen molar-refractivity contribution in [3.05, 3.63) is 56.2 Å². The molecular weight excluding hydrogens is 320 g/mol. The zero-order valence-electron chi connectivity index (χ0n) is 9.71. The number of hydrogen-bond donors (Lipinski definition) is 1. The lowest BCUT2D eigenvalue weighted by atomic mass is 10.0. The number of rotatable bonds is 4. The first-order valence-electron chi connectivity index (χ1n) is 5.45. The van der Waals surface area contributed by atoms with E-state index in [-0.39, 0.29) is 6.04 Å². The molecule has 1 aromatic carbocycles. The van der Waals surface area contributed by atoms with Gasteiger partial charge in [0.25, 0.3) is 0 Å². The molecule has 1 atom stereocenters. The summed E-state index contributed by atoms with van der Waals surface area (Å²) in [7, 11) is 1.86. The van der Waals surface area contributed by atoms with Gasteiger partial charge >= 0.3 is 0 Å². The van der Waals surface area contributed by atoms with Crippen LogP contribution in [0.2, 0.25) is 0 Å². The van der Waals surface area contributed by atoms with Crippen molar-refractivity contribution < 1.29 is 8.78 Å². The van der Waals surface area contributed by atoms with Crippen molar-refractivity contribution in [1.82, 2.24) is 5.32 Å². The molecule has 1 aromatic heterocycles. The topological polar surface area (TPSA) is 12.0 Å². The summed E-state index contributed by atoms with van der Waals surface area (Å²) in [5.74, 6) is -1.60. The van der Waals surface area contributed by atoms with E-state index < -0.39 is 11.6 Å². The summed E-state index contributed by atoms with van der Waals surface area (Å²) >= 11 is 5.04. The third kappa shape index (κ3) is 3.16. The van der Waals surface area contributed by atoms with Gasteiger partial charge in [-0.2, -0.15) is 0 Å². The number of halogens is 3. The van der Waals surface area contributed by atoms with Crippen LogP contribution in [0.25, 0.3) is 0 Å². The van der Waals surface area contributed by atoms with E-state index in [4.69, 9.17) is 0 Å². The molecule has 2 rings (SSSR count). The molecule has 1 unspecified atom stereocenters. The van der Waals surface area contributed by atoms with E-state index in [9.17, 15) is 8.78 Å². The second-order valence-electron chi connectivity index (χ2n) is 3.96. The lowest BCUT2D eigenvalue weighted by Crippen LogP contribution is -2.17. The summed E-state index contributed by atoms with van der Waals surface area (Å²) in [5, 5.41) is 5.19. The summed E-state index contributed by atoms with van der Waals surface area (Å²) < 4.78 is 27.0. The van der Waals surface area contributed by atoms with Crippen molar-refractivity contribution in [1.29, 1.82) is 0 Å². The van der Waals surface area contributed by atoms with Gasteiger partial charge < -0.3 is 5.32 Å². The van der Waals surface area contributed by atoms with Gasteiger partial charge in [-0.1, -0.05) is 6.07 Å². The molecule has 1 nitrogen and oxygen atoms in total. The molecule has 18 heavy (non-hydrogen) atoms. The number of nitrogens with one attached hydrogen (secondary N) is 1. The lowest BCUT2D eigenvalue weighted by molar-refractivity contribution is 0.505. The maximum atomic E-state index is 13.1. The van der Waals surface area contributed by atoms with Gasteiger partial charge in [-0.15, -0.1) is 11.3 Å². The van der Waals surface area contributed by atoms with Gasteiger partial charge in [-0.05, 0) is 53.2 Å². The van der Waals surface area contributed by atoms with Gasteiger partial charge in [0.05, 0.1) is 0 Å². The Hall–Kier alpha value is -0.780. The van der Waals surface area contributed by atoms with Crippen molar-refractivity contribution >= 4 is 27.3 Å². The Morgan fingerprint density at radius 3 is 2.61 bits per heavy atom. The molecule has 0 fully saturated rings. The molecule has 0 saturated carbocycles. The lowest BCUT2D eigenvalue weighted by Gasteiger charge is -2.14. The highest BCUT2D eigenvalue weighted by molar-refractivity contribution is 9.10. The average Bonchev–Trinajstić information content (AvgIpc) is 2.77. The first kappa shape index (κ1) is 13.6. The molecule has 1 N–H and O–H groups in total. The molecule has 0 bridgehead atoms. The normalized spacial score (nSPS) is 12.7. The van der Waals surface area contributed by atoms with Crippen LogP contribution in [-0.4, -0.2) is 7.05 Å². The highest BCUT2D eigenvalue weighted by Crippen LogP contribution is 2.28. The Morgan fingerprint density at radius 1 is 1.28 bits per heavy atom. The summed E-state index contributed by atoms with van der Waals surface area (Å²) in [6, 6.07) is 6.17. The fraction of sp³-hybridized carbons (Fsp3) is 0.231. The number of hydrogen-bond acceptors (Lipinski definition) is 2. The van der Waals surface area contributed by atoms with E-state index >= 15 is 0 Å². The van der Waals surface area contributed by atoms with Crippen LogP contribution in [0.5, 0.6) is 0 Å². The third-order valence-electron chi connectivity index (χ3n) is 2.70. The maximum Gasteiger partial charge on any atom is 0.159 e. The molecule has 1 heterocycles. The first-order chi connectivity index (χ1) is 8.60. The van der Waals surface area contributed by atoms with Crippen molar-refractivity contribution in [3.63, 3.8) is 0 Å². The molecule has 0 aliphatic rings.